The van der Waals surface area contributed by atoms with Crippen LogP contribution in [0.15, 0.2) is 60.7 Å². The molecule has 0 aliphatic heterocycles. The van der Waals surface area contributed by atoms with E-state index in [1.165, 1.54) is 18.2 Å². The van der Waals surface area contributed by atoms with Crippen molar-refractivity contribution in [3.05, 3.63) is 92.5 Å². The van der Waals surface area contributed by atoms with Crippen LogP contribution in [0, 0.1) is 28.4 Å². The number of nitrogens with zero attached hydrogens (tertiary/aromatic N) is 2. The molecule has 0 unspecified atom stereocenters. The third-order valence-electron chi connectivity index (χ3n) is 4.81. The van der Waals surface area contributed by atoms with Crippen molar-refractivity contribution >= 4 is 40.5 Å². The molecule has 3 rings (SSSR count). The molecule has 0 saturated carbocycles. The zero-order valence-electron chi connectivity index (χ0n) is 19.1. The Kier molecular flexibility index (Phi) is 8.43. The number of nitrogens with one attached hydrogen (secondary N) is 1. The number of ether oxygens (including phenoxy) is 2. The van der Waals surface area contributed by atoms with Gasteiger partial charge in [-0.3, -0.25) is 14.9 Å². The highest BCUT2D eigenvalue weighted by molar-refractivity contribution is 6.32. The van der Waals surface area contributed by atoms with Crippen LogP contribution < -0.4 is 14.8 Å². The summed E-state index contributed by atoms with van der Waals surface area (Å²) in [7, 11) is 0. The van der Waals surface area contributed by atoms with Gasteiger partial charge >= 0.3 is 0 Å². The van der Waals surface area contributed by atoms with E-state index < -0.39 is 4.92 Å². The van der Waals surface area contributed by atoms with Crippen molar-refractivity contribution in [2.75, 3.05) is 18.5 Å². The first kappa shape index (κ1) is 25.3. The fraction of sp³-hybridized carbons (Fsp3) is 0.154. The van der Waals surface area contributed by atoms with Crippen molar-refractivity contribution in [1.29, 1.82) is 5.26 Å². The summed E-state index contributed by atoms with van der Waals surface area (Å²) >= 11 is 6.43. The van der Waals surface area contributed by atoms with E-state index in [0.717, 1.165) is 5.56 Å². The summed E-state index contributed by atoms with van der Waals surface area (Å²) in [5.74, 6) is 0.123. The molecular weight excluding hydrogens is 470 g/mol. The lowest BCUT2D eigenvalue weighted by atomic mass is 10.0. The van der Waals surface area contributed by atoms with Gasteiger partial charge < -0.3 is 14.8 Å². The molecule has 1 amide bonds. The third-order valence-corrected chi connectivity index (χ3v) is 5.09. The van der Waals surface area contributed by atoms with Crippen LogP contribution in [0.3, 0.4) is 0 Å². The van der Waals surface area contributed by atoms with Crippen molar-refractivity contribution in [3.63, 3.8) is 0 Å². The minimum Gasteiger partial charge on any atom is -0.490 e. The minimum atomic E-state index is -0.524. The molecule has 0 saturated heterocycles. The molecule has 1 N–H and O–H groups in total. The monoisotopic (exact) mass is 491 g/mol. The maximum Gasteiger partial charge on any atom is 0.270 e. The van der Waals surface area contributed by atoms with Gasteiger partial charge in [-0.05, 0) is 55.3 Å². The van der Waals surface area contributed by atoms with E-state index in [2.05, 4.69) is 11.4 Å². The summed E-state index contributed by atoms with van der Waals surface area (Å²) in [5, 5.41) is 23.6. The molecule has 0 bridgehead atoms. The smallest absolute Gasteiger partial charge is 0.270 e. The summed E-state index contributed by atoms with van der Waals surface area (Å²) in [6, 6.07) is 18.4. The molecule has 178 valence electrons. The number of nitro benzene ring substituents is 1. The lowest BCUT2D eigenvalue weighted by Crippen LogP contribution is -2.20. The number of anilines is 1. The van der Waals surface area contributed by atoms with Gasteiger partial charge in [-0.25, -0.2) is 0 Å². The molecule has 0 heterocycles. The normalized spacial score (nSPS) is 10.9. The quantitative estimate of drug-likeness (QED) is 0.169. The molecule has 3 aromatic carbocycles. The Labute approximate surface area is 207 Å². The van der Waals surface area contributed by atoms with Crippen LogP contribution >= 0.6 is 11.6 Å². The van der Waals surface area contributed by atoms with Gasteiger partial charge in [0, 0.05) is 17.8 Å². The number of nitro groups is 1. The summed E-state index contributed by atoms with van der Waals surface area (Å²) in [5.41, 5.74) is 2.72. The van der Waals surface area contributed by atoms with E-state index in [1.807, 2.05) is 19.1 Å². The highest BCUT2D eigenvalue weighted by Crippen LogP contribution is 2.38. The number of allylic oxidation sites excluding steroid dienone is 1. The van der Waals surface area contributed by atoms with Gasteiger partial charge in [-0.15, -0.1) is 0 Å². The third kappa shape index (κ3) is 6.82. The van der Waals surface area contributed by atoms with Crippen LogP contribution in [-0.2, 0) is 4.79 Å². The number of benzene rings is 3. The molecule has 0 aliphatic carbocycles. The van der Waals surface area contributed by atoms with Crippen molar-refractivity contribution in [1.82, 2.24) is 0 Å². The maximum atomic E-state index is 12.3. The van der Waals surface area contributed by atoms with Crippen LogP contribution in [0.1, 0.15) is 23.6 Å². The molecule has 3 aromatic rings. The number of amides is 1. The van der Waals surface area contributed by atoms with Crippen molar-refractivity contribution in [2.45, 2.75) is 13.8 Å². The predicted molar refractivity (Wildman–Crippen MR) is 135 cm³/mol. The van der Waals surface area contributed by atoms with Gasteiger partial charge in [0.2, 0.25) is 0 Å². The van der Waals surface area contributed by atoms with E-state index in [9.17, 15) is 20.2 Å². The second-order valence-corrected chi connectivity index (χ2v) is 7.85. The Balaban J connectivity index is 1.83. The highest BCUT2D eigenvalue weighted by Gasteiger charge is 2.15. The first-order valence-electron chi connectivity index (χ1n) is 10.6. The minimum absolute atomic E-state index is 0.121. The average Bonchev–Trinajstić information content (AvgIpc) is 2.83. The molecule has 0 aromatic heterocycles. The zero-order chi connectivity index (χ0) is 25.4. The number of non-ortho nitro benzene ring substituents is 1. The number of halogens is 1. The molecule has 0 radical (unpaired) electrons. The Morgan fingerprint density at radius 1 is 1.17 bits per heavy atom. The van der Waals surface area contributed by atoms with Gasteiger partial charge in [0.05, 0.1) is 28.2 Å². The first-order valence-corrected chi connectivity index (χ1v) is 11.0. The summed E-state index contributed by atoms with van der Waals surface area (Å²) in [4.78, 5) is 22.9. The number of aryl methyl sites for hydroxylation is 1. The SMILES string of the molecule is CCOc1cc(/C=C(/C#N)c2cccc([N+](=O)[O-])c2)cc(Cl)c1OCC(=O)Nc1ccc(C)cc1. The summed E-state index contributed by atoms with van der Waals surface area (Å²) < 4.78 is 11.3. The number of carbonyl (C=O) groups is 1. The van der Waals surface area contributed by atoms with Crippen molar-refractivity contribution in [2.24, 2.45) is 0 Å². The number of hydrogen-bond donors (Lipinski definition) is 1. The number of hydrogen-bond acceptors (Lipinski definition) is 6. The Bertz CT molecular complexity index is 1310. The fourth-order valence-electron chi connectivity index (χ4n) is 3.18. The van der Waals surface area contributed by atoms with Gasteiger partial charge in [0.1, 0.15) is 0 Å². The van der Waals surface area contributed by atoms with Gasteiger partial charge in [-0.1, -0.05) is 41.4 Å². The van der Waals surface area contributed by atoms with Crippen LogP contribution in [0.2, 0.25) is 5.02 Å². The van der Waals surface area contributed by atoms with Gasteiger partial charge in [0.25, 0.3) is 11.6 Å². The first-order chi connectivity index (χ1) is 16.8. The molecule has 0 fully saturated rings. The number of nitriles is 1. The molecule has 0 atom stereocenters. The summed E-state index contributed by atoms with van der Waals surface area (Å²) in [6.45, 7) is 3.76. The van der Waals surface area contributed by atoms with Gasteiger partial charge in [-0.2, -0.15) is 5.26 Å². The Morgan fingerprint density at radius 3 is 2.57 bits per heavy atom. The highest BCUT2D eigenvalue weighted by atomic mass is 35.5. The fourth-order valence-corrected chi connectivity index (χ4v) is 3.45. The molecule has 35 heavy (non-hydrogen) atoms. The standard InChI is InChI=1S/C26H22ClN3O5/c1-3-34-24-13-18(11-20(15-28)19-5-4-6-22(14-19)30(32)33)12-23(27)26(24)35-16-25(31)29-21-9-7-17(2)8-10-21/h4-14H,3,16H2,1-2H3,(H,29,31)/b20-11-. The summed E-state index contributed by atoms with van der Waals surface area (Å²) in [6.07, 6.45) is 1.54. The Hall–Kier alpha value is -4.35. The van der Waals surface area contributed by atoms with Crippen molar-refractivity contribution < 1.29 is 19.2 Å². The number of rotatable bonds is 9. The predicted octanol–water partition coefficient (Wildman–Crippen LogP) is 6.04. The van der Waals surface area contributed by atoms with Crippen LogP contribution in [0.25, 0.3) is 11.6 Å². The Morgan fingerprint density at radius 2 is 1.91 bits per heavy atom. The van der Waals surface area contributed by atoms with Crippen LogP contribution in [0.5, 0.6) is 11.5 Å². The van der Waals surface area contributed by atoms with Crippen LogP contribution in [-0.4, -0.2) is 24.0 Å². The second-order valence-electron chi connectivity index (χ2n) is 7.44. The lowest BCUT2D eigenvalue weighted by Gasteiger charge is -2.15. The molecule has 9 heteroatoms. The van der Waals surface area contributed by atoms with Crippen molar-refractivity contribution in [3.8, 4) is 17.6 Å². The molecular formula is C26H22ClN3O5. The van der Waals surface area contributed by atoms with E-state index in [4.69, 9.17) is 21.1 Å². The zero-order valence-corrected chi connectivity index (χ0v) is 19.8. The van der Waals surface area contributed by atoms with Crippen LogP contribution in [0.4, 0.5) is 11.4 Å². The topological polar surface area (TPSA) is 114 Å². The molecule has 0 spiro atoms. The lowest BCUT2D eigenvalue weighted by molar-refractivity contribution is -0.384. The number of carbonyl (C=O) groups excluding carboxylic acids is 1. The van der Waals surface area contributed by atoms with E-state index in [1.54, 1.807) is 43.3 Å². The van der Waals surface area contributed by atoms with E-state index >= 15 is 0 Å². The maximum absolute atomic E-state index is 12.3. The largest absolute Gasteiger partial charge is 0.490 e. The van der Waals surface area contributed by atoms with Gasteiger partial charge in [0.15, 0.2) is 18.1 Å². The average molecular weight is 492 g/mol. The van der Waals surface area contributed by atoms with E-state index in [0.29, 0.717) is 29.2 Å². The molecule has 8 nitrogen and oxygen atoms in total. The van der Waals surface area contributed by atoms with E-state index in [-0.39, 0.29) is 34.5 Å². The molecule has 0 aliphatic rings. The second kappa shape index (κ2) is 11.7.